The van der Waals surface area contributed by atoms with Crippen molar-refractivity contribution in [1.82, 2.24) is 0 Å². The normalized spacial score (nSPS) is 16.9. The summed E-state index contributed by atoms with van der Waals surface area (Å²) in [5.41, 5.74) is -3.93. The van der Waals surface area contributed by atoms with Gasteiger partial charge in [-0.1, -0.05) is 219 Å². The van der Waals surface area contributed by atoms with E-state index in [-0.39, 0.29) is 12.8 Å². The largest absolute Gasteiger partial charge is 0.390 e. The highest BCUT2D eigenvalue weighted by Gasteiger charge is 2.52. The zero-order valence-electron chi connectivity index (χ0n) is 34.0. The van der Waals surface area contributed by atoms with Crippen LogP contribution < -0.4 is 0 Å². The molecule has 6 nitrogen and oxygen atoms in total. The predicted octanol–water partition coefficient (Wildman–Crippen LogP) is 11.2. The summed E-state index contributed by atoms with van der Waals surface area (Å²) in [5.74, 6) is 0. The van der Waals surface area contributed by atoms with Crippen molar-refractivity contribution >= 4 is 0 Å². The summed E-state index contributed by atoms with van der Waals surface area (Å²) in [6, 6.07) is 0. The van der Waals surface area contributed by atoms with Gasteiger partial charge in [0.2, 0.25) is 0 Å². The minimum Gasteiger partial charge on any atom is -0.390 e. The second kappa shape index (κ2) is 33.3. The zero-order valence-corrected chi connectivity index (χ0v) is 34.0. The van der Waals surface area contributed by atoms with Gasteiger partial charge in [0.1, 0.15) is 23.4 Å². The van der Waals surface area contributed by atoms with E-state index in [0.29, 0.717) is 12.8 Å². The van der Waals surface area contributed by atoms with Gasteiger partial charge in [0.25, 0.3) is 0 Å². The Labute approximate surface area is 311 Å². The van der Waals surface area contributed by atoms with Crippen LogP contribution in [-0.4, -0.2) is 66.3 Å². The smallest absolute Gasteiger partial charge is 0.119 e. The van der Waals surface area contributed by atoms with Crippen molar-refractivity contribution in [2.45, 2.75) is 282 Å². The summed E-state index contributed by atoms with van der Waals surface area (Å²) in [4.78, 5) is 0. The van der Waals surface area contributed by atoms with Crippen molar-refractivity contribution in [2.75, 3.05) is 0 Å². The van der Waals surface area contributed by atoms with Crippen molar-refractivity contribution in [2.24, 2.45) is 0 Å². The first-order chi connectivity index (χ1) is 24.1. The molecule has 6 N–H and O–H groups in total. The molecule has 6 heteroatoms. The standard InChI is InChI=1S/C44H90O6/c1-5-7-9-11-13-15-17-19-21-23-25-27-29-31-33-35-37-43(49,39(3)45)41(47)42(48)44(50,40(4)46)38-36-34-32-30-28-26-24-22-20-18-16-14-12-10-8-6-2/h39-42,45-50H,5-38H2,1-4H3/t39?,40?,41-,42-,43+,44+/m0/s1. The first kappa shape index (κ1) is 49.8. The van der Waals surface area contributed by atoms with E-state index in [9.17, 15) is 30.6 Å². The van der Waals surface area contributed by atoms with E-state index in [1.807, 2.05) is 0 Å². The highest BCUT2D eigenvalue weighted by molar-refractivity contribution is 5.03. The summed E-state index contributed by atoms with van der Waals surface area (Å²) >= 11 is 0. The van der Waals surface area contributed by atoms with Crippen molar-refractivity contribution < 1.29 is 30.6 Å². The number of rotatable bonds is 39. The van der Waals surface area contributed by atoms with Gasteiger partial charge in [-0.2, -0.15) is 0 Å². The molecule has 0 aromatic rings. The van der Waals surface area contributed by atoms with Crippen LogP contribution in [0.15, 0.2) is 0 Å². The summed E-state index contributed by atoms with van der Waals surface area (Å²) < 4.78 is 0. The van der Waals surface area contributed by atoms with Crippen molar-refractivity contribution in [3.63, 3.8) is 0 Å². The molecule has 0 spiro atoms. The fourth-order valence-corrected chi connectivity index (χ4v) is 7.67. The van der Waals surface area contributed by atoms with E-state index in [1.54, 1.807) is 0 Å². The summed E-state index contributed by atoms with van der Waals surface area (Å²) in [6.07, 6.45) is 33.5. The van der Waals surface area contributed by atoms with Crippen LogP contribution in [0.2, 0.25) is 0 Å². The lowest BCUT2D eigenvalue weighted by molar-refractivity contribution is -0.233. The van der Waals surface area contributed by atoms with Crippen LogP contribution in [0, 0.1) is 0 Å². The molecule has 6 atom stereocenters. The number of hydrogen-bond acceptors (Lipinski definition) is 6. The van der Waals surface area contributed by atoms with Gasteiger partial charge >= 0.3 is 0 Å². The molecule has 0 saturated carbocycles. The molecule has 50 heavy (non-hydrogen) atoms. The molecule has 0 aliphatic heterocycles. The highest BCUT2D eigenvalue weighted by Crippen LogP contribution is 2.33. The maximum atomic E-state index is 11.3. The highest BCUT2D eigenvalue weighted by atomic mass is 16.4. The predicted molar refractivity (Wildman–Crippen MR) is 214 cm³/mol. The third-order valence-electron chi connectivity index (χ3n) is 11.6. The number of aliphatic hydroxyl groups is 6. The molecule has 0 aliphatic rings. The summed E-state index contributed by atoms with van der Waals surface area (Å²) in [7, 11) is 0. The number of unbranched alkanes of at least 4 members (excludes halogenated alkanes) is 30. The Morgan fingerprint density at radius 2 is 0.460 bits per heavy atom. The van der Waals surface area contributed by atoms with Crippen LogP contribution in [0.1, 0.15) is 246 Å². The third kappa shape index (κ3) is 24.1. The lowest BCUT2D eigenvalue weighted by Crippen LogP contribution is -2.64. The molecule has 0 aliphatic carbocycles. The van der Waals surface area contributed by atoms with Crippen molar-refractivity contribution in [1.29, 1.82) is 0 Å². The molecule has 2 unspecified atom stereocenters. The van der Waals surface area contributed by atoms with Gasteiger partial charge in [-0.05, 0) is 26.7 Å². The van der Waals surface area contributed by atoms with Gasteiger partial charge in [0.05, 0.1) is 12.2 Å². The minimum atomic E-state index is -1.97. The molecule has 0 rings (SSSR count). The molecule has 0 fully saturated rings. The van der Waals surface area contributed by atoms with Gasteiger partial charge in [-0.3, -0.25) is 0 Å². The Morgan fingerprint density at radius 3 is 0.620 bits per heavy atom. The fourth-order valence-electron chi connectivity index (χ4n) is 7.67. The van der Waals surface area contributed by atoms with E-state index < -0.39 is 35.6 Å². The summed E-state index contributed by atoms with van der Waals surface area (Å²) in [6.45, 7) is 7.36. The Bertz CT molecular complexity index is 644. The van der Waals surface area contributed by atoms with Crippen molar-refractivity contribution in [3.8, 4) is 0 Å². The zero-order chi connectivity index (χ0) is 37.4. The summed E-state index contributed by atoms with van der Waals surface area (Å²) in [5, 5.41) is 65.9. The van der Waals surface area contributed by atoms with E-state index in [4.69, 9.17) is 0 Å². The quantitative estimate of drug-likeness (QED) is 0.0353. The Kier molecular flexibility index (Phi) is 33.2. The molecular weight excluding hydrogens is 624 g/mol. The second-order valence-electron chi connectivity index (χ2n) is 16.3. The average molecular weight is 715 g/mol. The Balaban J connectivity index is 4.24. The molecule has 302 valence electrons. The van der Waals surface area contributed by atoms with Crippen molar-refractivity contribution in [3.05, 3.63) is 0 Å². The van der Waals surface area contributed by atoms with Crippen LogP contribution in [0.5, 0.6) is 0 Å². The third-order valence-corrected chi connectivity index (χ3v) is 11.6. The van der Waals surface area contributed by atoms with Gasteiger partial charge in [-0.25, -0.2) is 0 Å². The minimum absolute atomic E-state index is 0.121. The topological polar surface area (TPSA) is 121 Å². The fraction of sp³-hybridized carbons (Fsp3) is 1.00. The lowest BCUT2D eigenvalue weighted by atomic mass is 9.75. The van der Waals surface area contributed by atoms with Gasteiger partial charge in [-0.15, -0.1) is 0 Å². The molecule has 0 aromatic carbocycles. The molecular formula is C44H90O6. The maximum absolute atomic E-state index is 11.3. The van der Waals surface area contributed by atoms with E-state index in [0.717, 1.165) is 38.5 Å². The number of aliphatic hydroxyl groups excluding tert-OH is 4. The molecule has 0 bridgehead atoms. The Morgan fingerprint density at radius 1 is 0.300 bits per heavy atom. The van der Waals surface area contributed by atoms with Crippen LogP contribution in [0.25, 0.3) is 0 Å². The lowest BCUT2D eigenvalue weighted by Gasteiger charge is -2.44. The molecule has 0 amide bonds. The molecule has 0 heterocycles. The Hall–Kier alpha value is -0.240. The number of hydrogen-bond donors (Lipinski definition) is 6. The van der Waals surface area contributed by atoms with E-state index >= 15 is 0 Å². The van der Waals surface area contributed by atoms with Crippen LogP contribution in [0.4, 0.5) is 0 Å². The molecule has 0 aromatic heterocycles. The first-order valence-electron chi connectivity index (χ1n) is 22.2. The monoisotopic (exact) mass is 715 g/mol. The first-order valence-corrected chi connectivity index (χ1v) is 22.2. The van der Waals surface area contributed by atoms with Gasteiger partial charge < -0.3 is 30.6 Å². The van der Waals surface area contributed by atoms with Gasteiger partial charge in [0, 0.05) is 0 Å². The SMILES string of the molecule is CCCCCCCCCCCCCCCCCC[C@@](O)(C(C)O)[C@@H](O)[C@H](O)[C@@](O)(CCCCCCCCCCCCCCCCCC)C(C)O. The van der Waals surface area contributed by atoms with E-state index in [2.05, 4.69) is 13.8 Å². The van der Waals surface area contributed by atoms with E-state index in [1.165, 1.54) is 168 Å². The van der Waals surface area contributed by atoms with Gasteiger partial charge in [0.15, 0.2) is 0 Å². The second-order valence-corrected chi connectivity index (χ2v) is 16.3. The average Bonchev–Trinajstić information content (AvgIpc) is 3.10. The molecule has 0 saturated heterocycles. The van der Waals surface area contributed by atoms with Crippen LogP contribution in [0.3, 0.4) is 0 Å². The van der Waals surface area contributed by atoms with Crippen LogP contribution in [-0.2, 0) is 0 Å². The van der Waals surface area contributed by atoms with Crippen LogP contribution >= 0.6 is 0 Å². The maximum Gasteiger partial charge on any atom is 0.119 e. The molecule has 0 radical (unpaired) electrons.